The van der Waals surface area contributed by atoms with Crippen molar-refractivity contribution in [1.29, 1.82) is 0 Å². The molecule has 1 aromatic carbocycles. The quantitative estimate of drug-likeness (QED) is 0.623. The van der Waals surface area contributed by atoms with Crippen molar-refractivity contribution >= 4 is 16.0 Å². The van der Waals surface area contributed by atoms with Gasteiger partial charge in [-0.2, -0.15) is 4.31 Å². The molecule has 0 aliphatic carbocycles. The Morgan fingerprint density at radius 2 is 2.00 bits per heavy atom. The van der Waals surface area contributed by atoms with E-state index in [1.54, 1.807) is 30.3 Å². The topological polar surface area (TPSA) is 63.7 Å². The molecule has 0 unspecified atom stereocenters. The van der Waals surface area contributed by atoms with Crippen molar-refractivity contribution in [3.63, 3.8) is 0 Å². The van der Waals surface area contributed by atoms with E-state index >= 15 is 0 Å². The molecule has 1 heterocycles. The van der Waals surface area contributed by atoms with Gasteiger partial charge in [-0.1, -0.05) is 23.8 Å². The van der Waals surface area contributed by atoms with Crippen LogP contribution < -0.4 is 0 Å². The first-order chi connectivity index (χ1) is 9.45. The van der Waals surface area contributed by atoms with Gasteiger partial charge < -0.3 is 4.74 Å². The van der Waals surface area contributed by atoms with E-state index in [1.807, 2.05) is 6.92 Å². The molecular formula is C14H17NO4S. The maximum Gasteiger partial charge on any atom is 0.330 e. The van der Waals surface area contributed by atoms with Gasteiger partial charge in [0, 0.05) is 18.7 Å². The first-order valence-corrected chi connectivity index (χ1v) is 7.74. The molecule has 0 bridgehead atoms. The van der Waals surface area contributed by atoms with Crippen molar-refractivity contribution in [1.82, 2.24) is 4.31 Å². The van der Waals surface area contributed by atoms with Gasteiger partial charge in [0.05, 0.1) is 12.0 Å². The van der Waals surface area contributed by atoms with Gasteiger partial charge in [-0.3, -0.25) is 0 Å². The molecule has 0 saturated carbocycles. The van der Waals surface area contributed by atoms with Crippen LogP contribution in [-0.4, -0.2) is 38.4 Å². The van der Waals surface area contributed by atoms with Crippen LogP contribution in [0.25, 0.3) is 0 Å². The van der Waals surface area contributed by atoms with Gasteiger partial charge in [0.1, 0.15) is 0 Å². The van der Waals surface area contributed by atoms with Crippen molar-refractivity contribution in [3.8, 4) is 0 Å². The van der Waals surface area contributed by atoms with E-state index in [0.717, 1.165) is 5.56 Å². The zero-order valence-corrected chi connectivity index (χ0v) is 12.3. The van der Waals surface area contributed by atoms with Crippen molar-refractivity contribution < 1.29 is 17.9 Å². The Labute approximate surface area is 118 Å². The van der Waals surface area contributed by atoms with E-state index in [0.29, 0.717) is 13.0 Å². The molecule has 1 aliphatic heterocycles. The van der Waals surface area contributed by atoms with E-state index in [2.05, 4.69) is 4.74 Å². The fourth-order valence-electron chi connectivity index (χ4n) is 1.98. The summed E-state index contributed by atoms with van der Waals surface area (Å²) < 4.78 is 30.7. The third kappa shape index (κ3) is 2.91. The number of carbonyl (C=O) groups is 1. The van der Waals surface area contributed by atoms with Crippen LogP contribution in [0.15, 0.2) is 41.3 Å². The number of rotatable bonds is 4. The van der Waals surface area contributed by atoms with Crippen molar-refractivity contribution in [2.75, 3.05) is 13.7 Å². The Balaban J connectivity index is 2.16. The van der Waals surface area contributed by atoms with Gasteiger partial charge in [0.25, 0.3) is 0 Å². The highest BCUT2D eigenvalue weighted by atomic mass is 32.2. The molecule has 0 spiro atoms. The largest absolute Gasteiger partial charge is 0.466 e. The molecule has 1 aliphatic rings. The Morgan fingerprint density at radius 3 is 2.50 bits per heavy atom. The SMILES string of the molecule is COC(=O)/C=C/[C@@H]1CCN1S(=O)(=O)c1ccc(C)cc1. The summed E-state index contributed by atoms with van der Waals surface area (Å²) in [4.78, 5) is 11.3. The third-order valence-corrected chi connectivity index (χ3v) is 5.24. The first-order valence-electron chi connectivity index (χ1n) is 6.30. The van der Waals surface area contributed by atoms with Gasteiger partial charge in [-0.15, -0.1) is 0 Å². The maximum absolute atomic E-state index is 12.4. The second-order valence-electron chi connectivity index (χ2n) is 4.67. The molecule has 1 atom stereocenters. The number of carbonyl (C=O) groups excluding carboxylic acids is 1. The maximum atomic E-state index is 12.4. The smallest absolute Gasteiger partial charge is 0.330 e. The number of benzene rings is 1. The van der Waals surface area contributed by atoms with Crippen molar-refractivity contribution in [2.24, 2.45) is 0 Å². The normalized spacial score (nSPS) is 19.8. The molecule has 1 fully saturated rings. The fraction of sp³-hybridized carbons (Fsp3) is 0.357. The van der Waals surface area contributed by atoms with Gasteiger partial charge >= 0.3 is 5.97 Å². The summed E-state index contributed by atoms with van der Waals surface area (Å²) in [5.41, 5.74) is 1.01. The molecule has 1 aromatic rings. The number of sulfonamides is 1. The predicted octanol–water partition coefficient (Wildman–Crippen LogP) is 1.49. The lowest BCUT2D eigenvalue weighted by Gasteiger charge is -2.37. The summed E-state index contributed by atoms with van der Waals surface area (Å²) in [6.45, 7) is 2.37. The molecule has 0 N–H and O–H groups in total. The standard InChI is InChI=1S/C14H17NO4S/c1-11-3-6-13(7-4-11)20(17,18)15-10-9-12(15)5-8-14(16)19-2/h3-8,12H,9-10H2,1-2H3/b8-5+/t12-/m1/s1. The van der Waals surface area contributed by atoms with Crippen LogP contribution in [0.2, 0.25) is 0 Å². The first kappa shape index (κ1) is 14.7. The Morgan fingerprint density at radius 1 is 1.35 bits per heavy atom. The number of methoxy groups -OCH3 is 1. The number of hydrogen-bond donors (Lipinski definition) is 0. The number of nitrogens with zero attached hydrogens (tertiary/aromatic N) is 1. The lowest BCUT2D eigenvalue weighted by atomic mass is 10.1. The van der Waals surface area contributed by atoms with Crippen LogP contribution >= 0.6 is 0 Å². The molecular weight excluding hydrogens is 278 g/mol. The van der Waals surface area contributed by atoms with Gasteiger partial charge in [0.15, 0.2) is 0 Å². The van der Waals surface area contributed by atoms with E-state index in [1.165, 1.54) is 17.5 Å². The van der Waals surface area contributed by atoms with Crippen LogP contribution in [0.5, 0.6) is 0 Å². The van der Waals surface area contributed by atoms with Crippen LogP contribution in [0, 0.1) is 6.92 Å². The van der Waals surface area contributed by atoms with Crippen molar-refractivity contribution in [3.05, 3.63) is 42.0 Å². The zero-order valence-electron chi connectivity index (χ0n) is 11.4. The molecule has 0 radical (unpaired) electrons. The van der Waals surface area contributed by atoms with Gasteiger partial charge in [-0.25, -0.2) is 13.2 Å². The number of ether oxygens (including phenoxy) is 1. The minimum atomic E-state index is -3.49. The molecule has 0 aromatic heterocycles. The lowest BCUT2D eigenvalue weighted by Crippen LogP contribution is -2.49. The second-order valence-corrected chi connectivity index (χ2v) is 6.56. The Bertz CT molecular complexity index is 619. The van der Waals surface area contributed by atoms with Gasteiger partial charge in [-0.05, 0) is 25.5 Å². The van der Waals surface area contributed by atoms with Crippen LogP contribution in [0.1, 0.15) is 12.0 Å². The minimum absolute atomic E-state index is 0.277. The van der Waals surface area contributed by atoms with E-state index in [-0.39, 0.29) is 10.9 Å². The average molecular weight is 295 g/mol. The summed E-state index contributed by atoms with van der Waals surface area (Å²) in [6, 6.07) is 6.46. The third-order valence-electron chi connectivity index (χ3n) is 3.30. The van der Waals surface area contributed by atoms with Crippen LogP contribution in [0.4, 0.5) is 0 Å². The van der Waals surface area contributed by atoms with Crippen LogP contribution in [-0.2, 0) is 19.6 Å². The summed E-state index contributed by atoms with van der Waals surface area (Å²) in [5, 5.41) is 0. The Kier molecular flexibility index (Phi) is 4.25. The highest BCUT2D eigenvalue weighted by Gasteiger charge is 2.36. The zero-order chi connectivity index (χ0) is 14.8. The molecule has 108 valence electrons. The minimum Gasteiger partial charge on any atom is -0.466 e. The fourth-order valence-corrected chi connectivity index (χ4v) is 3.61. The average Bonchev–Trinajstić information content (AvgIpc) is 2.37. The summed E-state index contributed by atoms with van der Waals surface area (Å²) >= 11 is 0. The molecule has 6 heteroatoms. The number of esters is 1. The van der Waals surface area contributed by atoms with E-state index in [4.69, 9.17) is 0 Å². The molecule has 0 amide bonds. The molecule has 5 nitrogen and oxygen atoms in total. The highest BCUT2D eigenvalue weighted by Crippen LogP contribution is 2.27. The van der Waals surface area contributed by atoms with E-state index < -0.39 is 16.0 Å². The van der Waals surface area contributed by atoms with E-state index in [9.17, 15) is 13.2 Å². The lowest BCUT2D eigenvalue weighted by molar-refractivity contribution is -0.134. The summed E-state index contributed by atoms with van der Waals surface area (Å²) in [5.74, 6) is -0.482. The summed E-state index contributed by atoms with van der Waals surface area (Å²) in [6.07, 6.45) is 3.54. The summed E-state index contributed by atoms with van der Waals surface area (Å²) in [7, 11) is -2.21. The predicted molar refractivity (Wildman–Crippen MR) is 74.6 cm³/mol. The number of hydrogen-bond acceptors (Lipinski definition) is 4. The monoisotopic (exact) mass is 295 g/mol. The van der Waals surface area contributed by atoms with Gasteiger partial charge in [0.2, 0.25) is 10.0 Å². The number of aryl methyl sites for hydroxylation is 1. The highest BCUT2D eigenvalue weighted by molar-refractivity contribution is 7.89. The second kappa shape index (κ2) is 5.76. The Hall–Kier alpha value is -1.66. The van der Waals surface area contributed by atoms with Crippen molar-refractivity contribution in [2.45, 2.75) is 24.3 Å². The van der Waals surface area contributed by atoms with Crippen LogP contribution in [0.3, 0.4) is 0 Å². The molecule has 1 saturated heterocycles. The molecule has 2 rings (SSSR count). The molecule has 20 heavy (non-hydrogen) atoms.